The first-order chi connectivity index (χ1) is 10.1. The SMILES string of the molecule is CCCNC(CN1CCC(COC)CC1)(C(N)=O)C1CC1. The van der Waals surface area contributed by atoms with Gasteiger partial charge in [0.1, 0.15) is 5.54 Å². The molecule has 1 atom stereocenters. The molecule has 0 bridgehead atoms. The normalized spacial score (nSPS) is 23.9. The Labute approximate surface area is 128 Å². The van der Waals surface area contributed by atoms with Gasteiger partial charge in [0.25, 0.3) is 0 Å². The standard InChI is InChI=1S/C16H31N3O2/c1-3-8-18-16(15(17)20,14-4-5-14)12-19-9-6-13(7-10-19)11-21-2/h13-14,18H,3-12H2,1-2H3,(H2,17,20). The lowest BCUT2D eigenvalue weighted by Crippen LogP contribution is -2.64. The van der Waals surface area contributed by atoms with Crippen molar-refractivity contribution in [1.82, 2.24) is 10.2 Å². The van der Waals surface area contributed by atoms with E-state index in [1.807, 2.05) is 0 Å². The van der Waals surface area contributed by atoms with Crippen LogP contribution in [0, 0.1) is 11.8 Å². The third-order valence-electron chi connectivity index (χ3n) is 4.99. The topological polar surface area (TPSA) is 67.6 Å². The van der Waals surface area contributed by atoms with Crippen molar-refractivity contribution in [3.05, 3.63) is 0 Å². The van der Waals surface area contributed by atoms with Crippen molar-refractivity contribution >= 4 is 5.91 Å². The van der Waals surface area contributed by atoms with E-state index in [4.69, 9.17) is 10.5 Å². The van der Waals surface area contributed by atoms with Crippen LogP contribution in [0.1, 0.15) is 39.0 Å². The van der Waals surface area contributed by atoms with Crippen LogP contribution in [0.4, 0.5) is 0 Å². The minimum Gasteiger partial charge on any atom is -0.384 e. The number of methoxy groups -OCH3 is 1. The first-order valence-electron chi connectivity index (χ1n) is 8.38. The first kappa shape index (κ1) is 16.7. The number of ether oxygens (including phenoxy) is 1. The van der Waals surface area contributed by atoms with Crippen molar-refractivity contribution in [3.8, 4) is 0 Å². The number of carbonyl (C=O) groups excluding carboxylic acids is 1. The zero-order valence-corrected chi connectivity index (χ0v) is 13.6. The summed E-state index contributed by atoms with van der Waals surface area (Å²) in [5.74, 6) is 0.925. The van der Waals surface area contributed by atoms with Gasteiger partial charge in [-0.25, -0.2) is 0 Å². The van der Waals surface area contributed by atoms with Crippen LogP contribution in [0.25, 0.3) is 0 Å². The third kappa shape index (κ3) is 4.18. The van der Waals surface area contributed by atoms with Crippen LogP contribution < -0.4 is 11.1 Å². The van der Waals surface area contributed by atoms with E-state index in [9.17, 15) is 4.79 Å². The Bertz CT molecular complexity index is 338. The second kappa shape index (κ2) is 7.56. The average Bonchev–Trinajstić information content (AvgIpc) is 3.30. The summed E-state index contributed by atoms with van der Waals surface area (Å²) < 4.78 is 5.25. The van der Waals surface area contributed by atoms with Gasteiger partial charge in [-0.3, -0.25) is 4.79 Å². The van der Waals surface area contributed by atoms with Crippen LogP contribution in [-0.2, 0) is 9.53 Å². The number of hydrogen-bond acceptors (Lipinski definition) is 4. The van der Waals surface area contributed by atoms with Gasteiger partial charge in [0.15, 0.2) is 0 Å². The summed E-state index contributed by atoms with van der Waals surface area (Å²) in [7, 11) is 1.77. The van der Waals surface area contributed by atoms with Crippen LogP contribution >= 0.6 is 0 Å². The predicted octanol–water partition coefficient (Wildman–Crippen LogP) is 0.979. The number of piperidine rings is 1. The molecule has 122 valence electrons. The summed E-state index contributed by atoms with van der Waals surface area (Å²) in [6.07, 6.45) is 5.58. The monoisotopic (exact) mass is 297 g/mol. The second-order valence-electron chi connectivity index (χ2n) is 6.71. The fourth-order valence-electron chi connectivity index (χ4n) is 3.52. The molecule has 1 saturated carbocycles. The lowest BCUT2D eigenvalue weighted by atomic mass is 9.89. The maximum absolute atomic E-state index is 12.2. The molecular weight excluding hydrogens is 266 g/mol. The summed E-state index contributed by atoms with van der Waals surface area (Å²) in [6.45, 7) is 6.70. The molecular formula is C16H31N3O2. The number of rotatable bonds is 9. The van der Waals surface area contributed by atoms with Gasteiger partial charge in [0.2, 0.25) is 5.91 Å². The Morgan fingerprint density at radius 2 is 2.00 bits per heavy atom. The lowest BCUT2D eigenvalue weighted by Gasteiger charge is -2.40. The largest absolute Gasteiger partial charge is 0.384 e. The average molecular weight is 297 g/mol. The number of amides is 1. The van der Waals surface area contributed by atoms with Crippen molar-refractivity contribution in [3.63, 3.8) is 0 Å². The summed E-state index contributed by atoms with van der Waals surface area (Å²) in [6, 6.07) is 0. The summed E-state index contributed by atoms with van der Waals surface area (Å²) in [5, 5.41) is 3.49. The fraction of sp³-hybridized carbons (Fsp3) is 0.938. The summed E-state index contributed by atoms with van der Waals surface area (Å²) in [5.41, 5.74) is 5.29. The number of primary amides is 1. The highest BCUT2D eigenvalue weighted by atomic mass is 16.5. The molecule has 1 unspecified atom stereocenters. The van der Waals surface area contributed by atoms with E-state index in [-0.39, 0.29) is 5.91 Å². The van der Waals surface area contributed by atoms with E-state index in [1.165, 1.54) is 0 Å². The molecule has 2 aliphatic rings. The molecule has 0 spiro atoms. The maximum atomic E-state index is 12.2. The van der Waals surface area contributed by atoms with Crippen molar-refractivity contribution in [2.24, 2.45) is 17.6 Å². The molecule has 5 nitrogen and oxygen atoms in total. The highest BCUT2D eigenvalue weighted by molar-refractivity contribution is 5.86. The fourth-order valence-corrected chi connectivity index (χ4v) is 3.52. The Morgan fingerprint density at radius 3 is 2.48 bits per heavy atom. The second-order valence-corrected chi connectivity index (χ2v) is 6.71. The highest BCUT2D eigenvalue weighted by Gasteiger charge is 2.50. The Balaban J connectivity index is 1.94. The smallest absolute Gasteiger partial charge is 0.239 e. The number of likely N-dealkylation sites (tertiary alicyclic amines) is 1. The summed E-state index contributed by atoms with van der Waals surface area (Å²) in [4.78, 5) is 14.6. The molecule has 2 fully saturated rings. The maximum Gasteiger partial charge on any atom is 0.239 e. The zero-order valence-electron chi connectivity index (χ0n) is 13.6. The van der Waals surface area contributed by atoms with E-state index in [0.29, 0.717) is 11.8 Å². The molecule has 5 heteroatoms. The van der Waals surface area contributed by atoms with E-state index in [1.54, 1.807) is 7.11 Å². The van der Waals surface area contributed by atoms with Gasteiger partial charge in [-0.2, -0.15) is 0 Å². The molecule has 0 aromatic heterocycles. The lowest BCUT2D eigenvalue weighted by molar-refractivity contribution is -0.126. The van der Waals surface area contributed by atoms with E-state index in [2.05, 4.69) is 17.1 Å². The van der Waals surface area contributed by atoms with Gasteiger partial charge in [-0.1, -0.05) is 6.92 Å². The Morgan fingerprint density at radius 1 is 1.33 bits per heavy atom. The third-order valence-corrected chi connectivity index (χ3v) is 4.99. The molecule has 1 amide bonds. The molecule has 0 aromatic carbocycles. The van der Waals surface area contributed by atoms with Gasteiger partial charge < -0.3 is 20.7 Å². The molecule has 2 rings (SSSR count). The number of hydrogen-bond donors (Lipinski definition) is 2. The summed E-state index contributed by atoms with van der Waals surface area (Å²) >= 11 is 0. The molecule has 0 aromatic rings. The Hall–Kier alpha value is -0.650. The molecule has 1 aliphatic carbocycles. The van der Waals surface area contributed by atoms with E-state index in [0.717, 1.165) is 64.9 Å². The molecule has 1 heterocycles. The van der Waals surface area contributed by atoms with Gasteiger partial charge in [0, 0.05) is 20.3 Å². The number of nitrogens with two attached hydrogens (primary N) is 1. The first-order valence-corrected chi connectivity index (χ1v) is 8.38. The van der Waals surface area contributed by atoms with E-state index >= 15 is 0 Å². The van der Waals surface area contributed by atoms with Gasteiger partial charge >= 0.3 is 0 Å². The number of carbonyl (C=O) groups is 1. The van der Waals surface area contributed by atoms with E-state index < -0.39 is 5.54 Å². The van der Waals surface area contributed by atoms with Gasteiger partial charge in [-0.05, 0) is 63.6 Å². The molecule has 1 aliphatic heterocycles. The minimum atomic E-state index is -0.510. The highest BCUT2D eigenvalue weighted by Crippen LogP contribution is 2.40. The number of nitrogens with one attached hydrogen (secondary N) is 1. The van der Waals surface area contributed by atoms with Crippen LogP contribution in [-0.4, -0.2) is 56.2 Å². The quantitative estimate of drug-likeness (QED) is 0.666. The zero-order chi connectivity index (χ0) is 15.3. The van der Waals surface area contributed by atoms with Gasteiger partial charge in [0.05, 0.1) is 0 Å². The molecule has 1 saturated heterocycles. The molecule has 0 radical (unpaired) electrons. The van der Waals surface area contributed by atoms with Gasteiger partial charge in [-0.15, -0.1) is 0 Å². The van der Waals surface area contributed by atoms with Crippen LogP contribution in [0.2, 0.25) is 0 Å². The van der Waals surface area contributed by atoms with Crippen LogP contribution in [0.15, 0.2) is 0 Å². The minimum absolute atomic E-state index is 0.169. The number of nitrogens with zero attached hydrogens (tertiary/aromatic N) is 1. The molecule has 21 heavy (non-hydrogen) atoms. The van der Waals surface area contributed by atoms with Crippen molar-refractivity contribution in [1.29, 1.82) is 0 Å². The van der Waals surface area contributed by atoms with Crippen molar-refractivity contribution < 1.29 is 9.53 Å². The van der Waals surface area contributed by atoms with Crippen molar-refractivity contribution in [2.75, 3.05) is 39.9 Å². The van der Waals surface area contributed by atoms with Crippen LogP contribution in [0.5, 0.6) is 0 Å². The molecule has 3 N–H and O–H groups in total. The Kier molecular flexibility index (Phi) is 6.02. The predicted molar refractivity (Wildman–Crippen MR) is 84.0 cm³/mol. The van der Waals surface area contributed by atoms with Crippen LogP contribution in [0.3, 0.4) is 0 Å². The van der Waals surface area contributed by atoms with Crippen molar-refractivity contribution in [2.45, 2.75) is 44.6 Å².